The van der Waals surface area contributed by atoms with Crippen molar-refractivity contribution in [2.45, 2.75) is 38.3 Å². The highest BCUT2D eigenvalue weighted by Gasteiger charge is 2.45. The molecule has 1 aromatic carbocycles. The van der Waals surface area contributed by atoms with Crippen molar-refractivity contribution in [3.8, 4) is 5.75 Å². The van der Waals surface area contributed by atoms with Gasteiger partial charge in [-0.3, -0.25) is 0 Å². The molecule has 0 bridgehead atoms. The lowest BCUT2D eigenvalue weighted by atomic mass is 10.1. The second kappa shape index (κ2) is 4.88. The Morgan fingerprint density at radius 1 is 1.28 bits per heavy atom. The van der Waals surface area contributed by atoms with Crippen LogP contribution in [-0.2, 0) is 5.54 Å². The van der Waals surface area contributed by atoms with Crippen molar-refractivity contribution in [3.63, 3.8) is 0 Å². The van der Waals surface area contributed by atoms with Gasteiger partial charge in [0.25, 0.3) is 0 Å². The summed E-state index contributed by atoms with van der Waals surface area (Å²) in [5, 5.41) is 5.92. The lowest BCUT2D eigenvalue weighted by molar-refractivity contribution is 0.233. The van der Waals surface area contributed by atoms with Crippen molar-refractivity contribution in [3.05, 3.63) is 29.8 Å². The van der Waals surface area contributed by atoms with Crippen LogP contribution in [-0.4, -0.2) is 19.2 Å². The Hall–Kier alpha value is -1.71. The first-order valence-corrected chi connectivity index (χ1v) is 6.29. The number of carbonyl (C=O) groups excluding carboxylic acids is 1. The SMILES string of the molecule is COc1ccc(C2(NC(=O)NC(C)C)CC2)cc1. The average molecular weight is 248 g/mol. The number of ether oxygens (including phenoxy) is 1. The van der Waals surface area contributed by atoms with Crippen LogP contribution in [0.5, 0.6) is 5.75 Å². The number of urea groups is 1. The van der Waals surface area contributed by atoms with Gasteiger partial charge in [-0.05, 0) is 44.4 Å². The zero-order valence-corrected chi connectivity index (χ0v) is 11.1. The molecule has 0 spiro atoms. The van der Waals surface area contributed by atoms with E-state index in [-0.39, 0.29) is 17.6 Å². The summed E-state index contributed by atoms with van der Waals surface area (Å²) in [6.07, 6.45) is 1.98. The molecule has 18 heavy (non-hydrogen) atoms. The van der Waals surface area contributed by atoms with Crippen LogP contribution < -0.4 is 15.4 Å². The Morgan fingerprint density at radius 2 is 1.89 bits per heavy atom. The molecule has 1 fully saturated rings. The minimum atomic E-state index is -0.175. The number of hydrogen-bond donors (Lipinski definition) is 2. The highest BCUT2D eigenvalue weighted by Crippen LogP contribution is 2.45. The van der Waals surface area contributed by atoms with E-state index in [9.17, 15) is 4.79 Å². The molecule has 0 unspecified atom stereocenters. The predicted molar refractivity (Wildman–Crippen MR) is 70.7 cm³/mol. The summed E-state index contributed by atoms with van der Waals surface area (Å²) in [4.78, 5) is 11.8. The normalized spacial score (nSPS) is 16.2. The van der Waals surface area contributed by atoms with Crippen molar-refractivity contribution in [2.24, 2.45) is 0 Å². The third kappa shape index (κ3) is 2.75. The van der Waals surface area contributed by atoms with E-state index in [1.54, 1.807) is 7.11 Å². The van der Waals surface area contributed by atoms with Gasteiger partial charge >= 0.3 is 6.03 Å². The Kier molecular flexibility index (Phi) is 3.45. The minimum Gasteiger partial charge on any atom is -0.497 e. The molecule has 0 saturated heterocycles. The highest BCUT2D eigenvalue weighted by atomic mass is 16.5. The molecular formula is C14H20N2O2. The summed E-state index contributed by atoms with van der Waals surface area (Å²) in [5.41, 5.74) is 0.966. The van der Waals surface area contributed by atoms with Gasteiger partial charge in [0.2, 0.25) is 0 Å². The standard InChI is InChI=1S/C14H20N2O2/c1-10(2)15-13(17)16-14(8-9-14)11-4-6-12(18-3)7-5-11/h4-7,10H,8-9H2,1-3H3,(H2,15,16,17). The first kappa shape index (κ1) is 12.7. The molecule has 0 aromatic heterocycles. The molecule has 4 heteroatoms. The molecule has 0 radical (unpaired) electrons. The van der Waals surface area contributed by atoms with Gasteiger partial charge < -0.3 is 15.4 Å². The smallest absolute Gasteiger partial charge is 0.315 e. The molecule has 4 nitrogen and oxygen atoms in total. The quantitative estimate of drug-likeness (QED) is 0.859. The molecule has 2 rings (SSSR count). The van der Waals surface area contributed by atoms with E-state index in [1.165, 1.54) is 0 Å². The van der Waals surface area contributed by atoms with Crippen LogP contribution in [0.2, 0.25) is 0 Å². The van der Waals surface area contributed by atoms with E-state index >= 15 is 0 Å². The lowest BCUT2D eigenvalue weighted by Gasteiger charge is -2.19. The van der Waals surface area contributed by atoms with Crippen molar-refractivity contribution in [2.75, 3.05) is 7.11 Å². The number of nitrogens with one attached hydrogen (secondary N) is 2. The fraction of sp³-hybridized carbons (Fsp3) is 0.500. The fourth-order valence-electron chi connectivity index (χ4n) is 2.04. The van der Waals surface area contributed by atoms with E-state index in [1.807, 2.05) is 38.1 Å². The van der Waals surface area contributed by atoms with Crippen LogP contribution in [0.25, 0.3) is 0 Å². The average Bonchev–Trinajstić information content (AvgIpc) is 3.09. The van der Waals surface area contributed by atoms with Crippen LogP contribution in [0.4, 0.5) is 4.79 Å². The fourth-order valence-corrected chi connectivity index (χ4v) is 2.04. The van der Waals surface area contributed by atoms with Gasteiger partial charge in [0.1, 0.15) is 5.75 Å². The third-order valence-corrected chi connectivity index (χ3v) is 3.17. The van der Waals surface area contributed by atoms with Crippen LogP contribution in [0.3, 0.4) is 0 Å². The largest absolute Gasteiger partial charge is 0.497 e. The van der Waals surface area contributed by atoms with Crippen molar-refractivity contribution in [1.82, 2.24) is 10.6 Å². The van der Waals surface area contributed by atoms with Gasteiger partial charge in [-0.25, -0.2) is 4.79 Å². The molecule has 1 aliphatic carbocycles. The monoisotopic (exact) mass is 248 g/mol. The number of carbonyl (C=O) groups is 1. The maximum absolute atomic E-state index is 11.8. The summed E-state index contributed by atoms with van der Waals surface area (Å²) in [6, 6.07) is 7.94. The highest BCUT2D eigenvalue weighted by molar-refractivity contribution is 5.76. The molecule has 1 aromatic rings. The Morgan fingerprint density at radius 3 is 2.33 bits per heavy atom. The van der Waals surface area contributed by atoms with Gasteiger partial charge in [0, 0.05) is 6.04 Å². The molecular weight excluding hydrogens is 228 g/mol. The van der Waals surface area contributed by atoms with E-state index < -0.39 is 0 Å². The molecule has 1 aliphatic rings. The van der Waals surface area contributed by atoms with Gasteiger partial charge in [-0.2, -0.15) is 0 Å². The number of rotatable bonds is 4. The molecule has 98 valence electrons. The van der Waals surface area contributed by atoms with Crippen LogP contribution >= 0.6 is 0 Å². The van der Waals surface area contributed by atoms with Gasteiger partial charge in [0.15, 0.2) is 0 Å². The third-order valence-electron chi connectivity index (χ3n) is 3.17. The summed E-state index contributed by atoms with van der Waals surface area (Å²) < 4.78 is 5.14. The maximum Gasteiger partial charge on any atom is 0.315 e. The number of amides is 2. The first-order valence-electron chi connectivity index (χ1n) is 6.29. The van der Waals surface area contributed by atoms with Gasteiger partial charge in [-0.15, -0.1) is 0 Å². The second-order valence-corrected chi connectivity index (χ2v) is 5.06. The maximum atomic E-state index is 11.8. The van der Waals surface area contributed by atoms with Gasteiger partial charge in [0.05, 0.1) is 12.6 Å². The zero-order valence-electron chi connectivity index (χ0n) is 11.1. The summed E-state index contributed by atoms with van der Waals surface area (Å²) >= 11 is 0. The molecule has 1 saturated carbocycles. The topological polar surface area (TPSA) is 50.4 Å². The number of methoxy groups -OCH3 is 1. The van der Waals surface area contributed by atoms with E-state index in [0.717, 1.165) is 24.2 Å². The summed E-state index contributed by atoms with van der Waals surface area (Å²) in [7, 11) is 1.65. The zero-order chi connectivity index (χ0) is 13.2. The molecule has 2 N–H and O–H groups in total. The van der Waals surface area contributed by atoms with Crippen molar-refractivity contribution in [1.29, 1.82) is 0 Å². The predicted octanol–water partition coefficient (Wildman–Crippen LogP) is 2.39. The van der Waals surface area contributed by atoms with Crippen LogP contribution in [0.1, 0.15) is 32.3 Å². The second-order valence-electron chi connectivity index (χ2n) is 5.06. The lowest BCUT2D eigenvalue weighted by Crippen LogP contribution is -2.44. The van der Waals surface area contributed by atoms with Crippen molar-refractivity contribution >= 4 is 6.03 Å². The van der Waals surface area contributed by atoms with E-state index in [2.05, 4.69) is 10.6 Å². The first-order chi connectivity index (χ1) is 8.55. The number of hydrogen-bond acceptors (Lipinski definition) is 2. The van der Waals surface area contributed by atoms with Crippen LogP contribution in [0.15, 0.2) is 24.3 Å². The summed E-state index contributed by atoms with van der Waals surface area (Å²) in [6.45, 7) is 3.90. The molecule has 0 atom stereocenters. The van der Waals surface area contributed by atoms with E-state index in [4.69, 9.17) is 4.74 Å². The van der Waals surface area contributed by atoms with Crippen LogP contribution in [0, 0.1) is 0 Å². The molecule has 2 amide bonds. The Balaban J connectivity index is 2.04. The summed E-state index contributed by atoms with van der Waals surface area (Å²) in [5.74, 6) is 0.834. The van der Waals surface area contributed by atoms with E-state index in [0.29, 0.717) is 0 Å². The van der Waals surface area contributed by atoms with Crippen molar-refractivity contribution < 1.29 is 9.53 Å². The van der Waals surface area contributed by atoms with Gasteiger partial charge in [-0.1, -0.05) is 12.1 Å². The Bertz CT molecular complexity index is 422. The molecule has 0 heterocycles. The minimum absolute atomic E-state index is 0.0988. The number of benzene rings is 1. The Labute approximate surface area is 108 Å². The molecule has 0 aliphatic heterocycles.